The molecule has 0 aliphatic carbocycles. The van der Waals surface area contributed by atoms with Gasteiger partial charge in [0.15, 0.2) is 19.4 Å². The zero-order valence-electron chi connectivity index (χ0n) is 12.6. The standard InChI is InChI=1S/C12H8BIN2O8S2/c14-13(25(21,22)11-5-1-9(2-6-11)15(17)18)26(23,24)12-7-3-10(4-8-12)16(19)20/h1-8H. The molecular weight excluding hydrogens is 502 g/mol. The molecule has 0 saturated heterocycles. The van der Waals surface area contributed by atoms with Crippen molar-refractivity contribution in [2.75, 3.05) is 0 Å². The van der Waals surface area contributed by atoms with E-state index in [0.29, 0.717) is 0 Å². The molecule has 2 rings (SSSR count). The maximum Gasteiger partial charge on any atom is 0.508 e. The smallest absolute Gasteiger partial charge is 0.258 e. The molecule has 0 fully saturated rings. The quantitative estimate of drug-likeness (QED) is 0.248. The van der Waals surface area contributed by atoms with Gasteiger partial charge in [-0.15, -0.1) is 22.4 Å². The summed E-state index contributed by atoms with van der Waals surface area (Å²) in [6, 6.07) is 7.61. The molecule has 26 heavy (non-hydrogen) atoms. The summed E-state index contributed by atoms with van der Waals surface area (Å²) in [5.41, 5.74) is -0.681. The van der Waals surface area contributed by atoms with Crippen molar-refractivity contribution in [2.45, 2.75) is 9.79 Å². The Morgan fingerprint density at radius 2 is 0.962 bits per heavy atom. The highest BCUT2D eigenvalue weighted by molar-refractivity contribution is 14.1. The Kier molecular flexibility index (Phi) is 5.67. The predicted molar refractivity (Wildman–Crippen MR) is 100 cm³/mol. The molecular formula is C12H8BIN2O8S2. The third-order valence-corrected chi connectivity index (χ3v) is 11.6. The van der Waals surface area contributed by atoms with E-state index >= 15 is 0 Å². The predicted octanol–water partition coefficient (Wildman–Crippen LogP) is 2.17. The second kappa shape index (κ2) is 7.28. The first kappa shape index (κ1) is 20.2. The third-order valence-electron chi connectivity index (χ3n) is 3.24. The molecule has 0 radical (unpaired) electrons. The second-order valence-electron chi connectivity index (χ2n) is 4.87. The van der Waals surface area contributed by atoms with Crippen molar-refractivity contribution < 1.29 is 26.7 Å². The molecule has 0 spiro atoms. The van der Waals surface area contributed by atoms with Crippen LogP contribution in [0.2, 0.25) is 0 Å². The topological polar surface area (TPSA) is 155 Å². The highest BCUT2D eigenvalue weighted by Gasteiger charge is 2.44. The lowest BCUT2D eigenvalue weighted by molar-refractivity contribution is -0.385. The van der Waals surface area contributed by atoms with E-state index in [4.69, 9.17) is 0 Å². The fourth-order valence-electron chi connectivity index (χ4n) is 1.90. The lowest BCUT2D eigenvalue weighted by Crippen LogP contribution is -2.30. The number of hydrogen-bond donors (Lipinski definition) is 0. The van der Waals surface area contributed by atoms with Crippen LogP contribution in [0.4, 0.5) is 11.4 Å². The van der Waals surface area contributed by atoms with E-state index in [9.17, 15) is 37.1 Å². The maximum atomic E-state index is 12.5. The molecule has 2 aromatic rings. The van der Waals surface area contributed by atoms with Crippen LogP contribution in [0.5, 0.6) is 0 Å². The van der Waals surface area contributed by atoms with Crippen LogP contribution in [-0.4, -0.2) is 29.8 Å². The van der Waals surface area contributed by atoms with Crippen molar-refractivity contribution in [3.05, 3.63) is 68.8 Å². The van der Waals surface area contributed by atoms with Gasteiger partial charge in [-0.05, 0) is 24.3 Å². The van der Waals surface area contributed by atoms with Gasteiger partial charge in [-0.1, -0.05) is 0 Å². The molecule has 2 aromatic carbocycles. The molecule has 10 nitrogen and oxygen atoms in total. The van der Waals surface area contributed by atoms with Gasteiger partial charge in [0.05, 0.1) is 19.6 Å². The number of nitro benzene ring substituents is 2. The summed E-state index contributed by atoms with van der Waals surface area (Å²) < 4.78 is 48.3. The molecule has 0 aromatic heterocycles. The number of halogens is 1. The van der Waals surface area contributed by atoms with Crippen LogP contribution >= 0.6 is 22.4 Å². The van der Waals surface area contributed by atoms with Gasteiger partial charge >= 0.3 is 3.13 Å². The number of nitrogens with zero attached hydrogens (tertiary/aromatic N) is 2. The Morgan fingerprint density at radius 1 is 0.692 bits per heavy atom. The van der Waals surface area contributed by atoms with E-state index in [1.165, 1.54) is 22.4 Å². The lowest BCUT2D eigenvalue weighted by atomic mass is 10.3. The SMILES string of the molecule is O=[N+]([O-])c1ccc(S(=O)(=O)B(I)S(=O)(=O)c2ccc([N+](=O)[O-])cc2)cc1. The van der Waals surface area contributed by atoms with Crippen molar-refractivity contribution in [1.82, 2.24) is 0 Å². The van der Waals surface area contributed by atoms with Gasteiger partial charge < -0.3 is 0 Å². The van der Waals surface area contributed by atoms with E-state index < -0.39 is 42.1 Å². The molecule has 0 saturated carbocycles. The number of non-ortho nitro benzene ring substituents is 2. The first-order chi connectivity index (χ1) is 12.0. The third kappa shape index (κ3) is 3.86. The summed E-state index contributed by atoms with van der Waals surface area (Å²) in [7, 11) is -8.74. The molecule has 0 bridgehead atoms. The summed E-state index contributed by atoms with van der Waals surface area (Å²) in [4.78, 5) is 19.0. The van der Waals surface area contributed by atoms with Crippen LogP contribution in [0.1, 0.15) is 0 Å². The zero-order valence-corrected chi connectivity index (χ0v) is 16.3. The van der Waals surface area contributed by atoms with Gasteiger partial charge in [0.1, 0.15) is 0 Å². The molecule has 0 aliphatic rings. The fourth-order valence-corrected chi connectivity index (χ4v) is 7.12. The molecule has 0 N–H and O–H groups in total. The average Bonchev–Trinajstić information content (AvgIpc) is 2.61. The van der Waals surface area contributed by atoms with Crippen molar-refractivity contribution >= 4 is 56.3 Å². The average molecular weight is 510 g/mol. The van der Waals surface area contributed by atoms with Gasteiger partial charge in [0, 0.05) is 24.3 Å². The first-order valence-electron chi connectivity index (χ1n) is 6.58. The Hall–Kier alpha value is -2.07. The molecule has 136 valence electrons. The van der Waals surface area contributed by atoms with Gasteiger partial charge in [-0.25, -0.2) is 16.8 Å². The second-order valence-corrected chi connectivity index (χ2v) is 12.2. The number of rotatable bonds is 6. The molecule has 14 heteroatoms. The van der Waals surface area contributed by atoms with Crippen LogP contribution in [-0.2, 0) is 19.4 Å². The molecule has 0 aliphatic heterocycles. The number of hydrogen-bond acceptors (Lipinski definition) is 8. The van der Waals surface area contributed by atoms with Gasteiger partial charge in [0.2, 0.25) is 0 Å². The first-order valence-corrected chi connectivity index (χ1v) is 10.9. The Balaban J connectivity index is 2.42. The van der Waals surface area contributed by atoms with Gasteiger partial charge in [-0.2, -0.15) is 0 Å². The van der Waals surface area contributed by atoms with Crippen LogP contribution in [0, 0.1) is 20.2 Å². The monoisotopic (exact) mass is 510 g/mol. The van der Waals surface area contributed by atoms with E-state index in [2.05, 4.69) is 0 Å². The number of nitro groups is 2. The Labute approximate surface area is 161 Å². The maximum absolute atomic E-state index is 12.5. The molecule has 0 amide bonds. The summed E-state index contributed by atoms with van der Waals surface area (Å²) in [5, 5.41) is 21.3. The summed E-state index contributed by atoms with van der Waals surface area (Å²) >= 11 is 1.23. The Bertz CT molecular complexity index is 982. The van der Waals surface area contributed by atoms with Crippen LogP contribution < -0.4 is 0 Å². The Morgan fingerprint density at radius 3 is 1.19 bits per heavy atom. The van der Waals surface area contributed by atoms with Crippen molar-refractivity contribution in [3.63, 3.8) is 0 Å². The van der Waals surface area contributed by atoms with Gasteiger partial charge in [0.25, 0.3) is 11.4 Å². The lowest BCUT2D eigenvalue weighted by Gasteiger charge is -2.10. The minimum absolute atomic E-state index is 0.341. The summed E-state index contributed by atoms with van der Waals surface area (Å²) in [6.07, 6.45) is 0. The molecule has 0 heterocycles. The highest BCUT2D eigenvalue weighted by Crippen LogP contribution is 2.28. The largest absolute Gasteiger partial charge is 0.508 e. The zero-order chi connectivity index (χ0) is 19.7. The summed E-state index contributed by atoms with van der Waals surface area (Å²) in [6.45, 7) is 0. The summed E-state index contributed by atoms with van der Waals surface area (Å²) in [5.74, 6) is 0. The van der Waals surface area contributed by atoms with Crippen LogP contribution in [0.3, 0.4) is 0 Å². The van der Waals surface area contributed by atoms with E-state index in [1.807, 2.05) is 0 Å². The molecule has 0 atom stereocenters. The normalized spacial score (nSPS) is 11.7. The van der Waals surface area contributed by atoms with E-state index in [1.54, 1.807) is 0 Å². The fraction of sp³-hybridized carbons (Fsp3) is 0. The minimum Gasteiger partial charge on any atom is -0.258 e. The van der Waals surface area contributed by atoms with Crippen LogP contribution in [0.15, 0.2) is 58.3 Å². The van der Waals surface area contributed by atoms with Crippen molar-refractivity contribution in [1.29, 1.82) is 0 Å². The van der Waals surface area contributed by atoms with Gasteiger partial charge in [-0.3, -0.25) is 20.2 Å². The molecule has 0 unspecified atom stereocenters. The van der Waals surface area contributed by atoms with Crippen LogP contribution in [0.25, 0.3) is 0 Å². The van der Waals surface area contributed by atoms with Crippen molar-refractivity contribution in [2.24, 2.45) is 0 Å². The minimum atomic E-state index is -4.37. The number of benzene rings is 2. The highest BCUT2D eigenvalue weighted by atomic mass is 127. The van der Waals surface area contributed by atoms with E-state index in [0.717, 1.165) is 48.5 Å². The van der Waals surface area contributed by atoms with Crippen molar-refractivity contribution in [3.8, 4) is 0 Å². The van der Waals surface area contributed by atoms with E-state index in [-0.39, 0.29) is 11.4 Å².